The predicted molar refractivity (Wildman–Crippen MR) is 92.5 cm³/mol. The zero-order valence-corrected chi connectivity index (χ0v) is 15.3. The van der Waals surface area contributed by atoms with E-state index in [0.717, 1.165) is 37.0 Å². The van der Waals surface area contributed by atoms with Crippen LogP contribution in [0.15, 0.2) is 21.7 Å². The number of amides is 1. The number of nitrogens with one attached hydrogen (secondary N) is 3. The number of carbonyl (C=O) groups is 1. The second kappa shape index (κ2) is 7.48. The Bertz CT molecular complexity index is 624. The summed E-state index contributed by atoms with van der Waals surface area (Å²) in [5, 5.41) is 8.20. The van der Waals surface area contributed by atoms with Crippen LogP contribution in [0, 0.1) is 0 Å². The third kappa shape index (κ3) is 4.45. The SMILES string of the molecule is CC(NS(=O)(=O)c1cccs1)C(=O)NC1CC2CCC(C1)N2.Cl. The molecule has 3 atom stereocenters. The lowest BCUT2D eigenvalue weighted by atomic mass is 9.99. The maximum Gasteiger partial charge on any atom is 0.250 e. The van der Waals surface area contributed by atoms with E-state index in [0.29, 0.717) is 12.1 Å². The third-order valence-electron chi connectivity index (χ3n) is 4.30. The minimum atomic E-state index is -3.62. The summed E-state index contributed by atoms with van der Waals surface area (Å²) < 4.78 is 26.9. The molecule has 130 valence electrons. The van der Waals surface area contributed by atoms with E-state index >= 15 is 0 Å². The Balaban J connectivity index is 0.00000192. The van der Waals surface area contributed by atoms with Crippen molar-refractivity contribution in [1.82, 2.24) is 15.4 Å². The van der Waals surface area contributed by atoms with Gasteiger partial charge in [-0.05, 0) is 44.1 Å². The summed E-state index contributed by atoms with van der Waals surface area (Å²) in [6.07, 6.45) is 4.18. The van der Waals surface area contributed by atoms with Crippen LogP contribution in [0.2, 0.25) is 0 Å². The first kappa shape index (κ1) is 18.7. The maximum atomic E-state index is 12.2. The van der Waals surface area contributed by atoms with Crippen LogP contribution in [0.5, 0.6) is 0 Å². The summed E-state index contributed by atoms with van der Waals surface area (Å²) in [5.74, 6) is -0.258. The molecule has 1 aromatic rings. The number of hydrogen-bond acceptors (Lipinski definition) is 5. The molecule has 6 nitrogen and oxygen atoms in total. The topological polar surface area (TPSA) is 87.3 Å². The van der Waals surface area contributed by atoms with Crippen molar-refractivity contribution in [3.05, 3.63) is 17.5 Å². The fourth-order valence-electron chi connectivity index (χ4n) is 3.26. The molecule has 1 amide bonds. The molecule has 3 rings (SSSR count). The van der Waals surface area contributed by atoms with Crippen LogP contribution in [-0.4, -0.2) is 38.5 Å². The second-order valence-corrected chi connectivity index (χ2v) is 8.98. The standard InChI is InChI=1S/C14H21N3O3S2.ClH/c1-9(17-22(19,20)13-3-2-6-21-13)14(18)16-12-7-10-4-5-11(8-12)15-10;/h2-3,6,9-12,15,17H,4-5,7-8H2,1H3,(H,16,18);1H. The molecule has 0 spiro atoms. The summed E-state index contributed by atoms with van der Waals surface area (Å²) in [5.41, 5.74) is 0. The maximum absolute atomic E-state index is 12.2. The molecule has 3 N–H and O–H groups in total. The summed E-state index contributed by atoms with van der Waals surface area (Å²) in [4.78, 5) is 12.2. The highest BCUT2D eigenvalue weighted by Gasteiger charge is 2.34. The Labute approximate surface area is 146 Å². The van der Waals surface area contributed by atoms with Crippen LogP contribution in [0.4, 0.5) is 0 Å². The van der Waals surface area contributed by atoms with Crippen molar-refractivity contribution in [2.24, 2.45) is 0 Å². The van der Waals surface area contributed by atoms with Gasteiger partial charge in [0.2, 0.25) is 5.91 Å². The number of piperidine rings is 1. The molecular formula is C14H22ClN3O3S2. The number of carbonyl (C=O) groups excluding carboxylic acids is 1. The Morgan fingerprint density at radius 3 is 2.57 bits per heavy atom. The Morgan fingerprint density at radius 1 is 1.35 bits per heavy atom. The molecule has 2 fully saturated rings. The molecule has 2 saturated heterocycles. The van der Waals surface area contributed by atoms with E-state index < -0.39 is 16.1 Å². The Kier molecular flexibility index (Phi) is 6.07. The number of halogens is 1. The molecule has 23 heavy (non-hydrogen) atoms. The van der Waals surface area contributed by atoms with Gasteiger partial charge in [0.1, 0.15) is 4.21 Å². The van der Waals surface area contributed by atoms with Gasteiger partial charge in [-0.3, -0.25) is 4.79 Å². The van der Waals surface area contributed by atoms with E-state index in [-0.39, 0.29) is 28.6 Å². The van der Waals surface area contributed by atoms with Gasteiger partial charge in [-0.25, -0.2) is 8.42 Å². The van der Waals surface area contributed by atoms with Crippen molar-refractivity contribution in [1.29, 1.82) is 0 Å². The van der Waals surface area contributed by atoms with Crippen molar-refractivity contribution < 1.29 is 13.2 Å². The lowest BCUT2D eigenvalue weighted by Crippen LogP contribution is -2.52. The van der Waals surface area contributed by atoms with Gasteiger partial charge in [0.15, 0.2) is 0 Å². The summed E-state index contributed by atoms with van der Waals surface area (Å²) in [7, 11) is -3.62. The zero-order valence-electron chi connectivity index (χ0n) is 12.8. The van der Waals surface area contributed by atoms with Gasteiger partial charge in [0, 0.05) is 18.1 Å². The highest BCUT2D eigenvalue weighted by Crippen LogP contribution is 2.26. The molecule has 3 heterocycles. The third-order valence-corrected chi connectivity index (χ3v) is 7.24. The van der Waals surface area contributed by atoms with Gasteiger partial charge in [-0.1, -0.05) is 6.07 Å². The molecule has 0 aromatic carbocycles. The van der Waals surface area contributed by atoms with Gasteiger partial charge >= 0.3 is 0 Å². The number of sulfonamides is 1. The average Bonchev–Trinajstić information content (AvgIpc) is 3.08. The van der Waals surface area contributed by atoms with E-state index in [4.69, 9.17) is 0 Å². The minimum Gasteiger partial charge on any atom is -0.352 e. The number of hydrogen-bond donors (Lipinski definition) is 3. The minimum absolute atomic E-state index is 0. The summed E-state index contributed by atoms with van der Waals surface area (Å²) in [6, 6.07) is 3.54. The van der Waals surface area contributed by atoms with E-state index in [9.17, 15) is 13.2 Å². The van der Waals surface area contributed by atoms with E-state index in [1.54, 1.807) is 18.4 Å². The summed E-state index contributed by atoms with van der Waals surface area (Å²) in [6.45, 7) is 1.58. The lowest BCUT2D eigenvalue weighted by molar-refractivity contribution is -0.123. The quantitative estimate of drug-likeness (QED) is 0.718. The van der Waals surface area contributed by atoms with Crippen LogP contribution in [0.1, 0.15) is 32.6 Å². The Hall–Kier alpha value is -0.670. The van der Waals surface area contributed by atoms with Crippen LogP contribution in [0.25, 0.3) is 0 Å². The first-order valence-electron chi connectivity index (χ1n) is 7.56. The van der Waals surface area contributed by atoms with E-state index in [1.165, 1.54) is 6.07 Å². The van der Waals surface area contributed by atoms with E-state index in [2.05, 4.69) is 15.4 Å². The lowest BCUT2D eigenvalue weighted by Gasteiger charge is -2.30. The normalized spacial score (nSPS) is 28.0. The smallest absolute Gasteiger partial charge is 0.250 e. The fraction of sp³-hybridized carbons (Fsp3) is 0.643. The number of rotatable bonds is 5. The molecular weight excluding hydrogens is 358 g/mol. The first-order chi connectivity index (χ1) is 10.4. The largest absolute Gasteiger partial charge is 0.352 e. The van der Waals surface area contributed by atoms with Gasteiger partial charge in [0.25, 0.3) is 10.0 Å². The van der Waals surface area contributed by atoms with Crippen molar-refractivity contribution in [2.75, 3.05) is 0 Å². The van der Waals surface area contributed by atoms with Crippen LogP contribution in [0.3, 0.4) is 0 Å². The predicted octanol–water partition coefficient (Wildman–Crippen LogP) is 1.24. The average molecular weight is 380 g/mol. The van der Waals surface area contributed by atoms with Gasteiger partial charge in [0.05, 0.1) is 6.04 Å². The highest BCUT2D eigenvalue weighted by molar-refractivity contribution is 7.91. The molecule has 2 aliphatic heterocycles. The van der Waals surface area contributed by atoms with E-state index in [1.807, 2.05) is 0 Å². The monoisotopic (exact) mass is 379 g/mol. The van der Waals surface area contributed by atoms with Crippen LogP contribution >= 0.6 is 23.7 Å². The molecule has 0 saturated carbocycles. The molecule has 2 aliphatic rings. The zero-order chi connectivity index (χ0) is 15.7. The Morgan fingerprint density at radius 2 is 2.00 bits per heavy atom. The van der Waals surface area contributed by atoms with Crippen molar-refractivity contribution in [3.8, 4) is 0 Å². The first-order valence-corrected chi connectivity index (χ1v) is 9.92. The van der Waals surface area contributed by atoms with Crippen molar-refractivity contribution in [2.45, 2.75) is 61.0 Å². The molecule has 9 heteroatoms. The fourth-order valence-corrected chi connectivity index (χ4v) is 5.47. The molecule has 0 radical (unpaired) electrons. The van der Waals surface area contributed by atoms with Gasteiger partial charge < -0.3 is 10.6 Å². The number of fused-ring (bicyclic) bond motifs is 2. The highest BCUT2D eigenvalue weighted by atomic mass is 35.5. The molecule has 0 aliphatic carbocycles. The van der Waals surface area contributed by atoms with Crippen LogP contribution in [-0.2, 0) is 14.8 Å². The van der Waals surface area contributed by atoms with Gasteiger partial charge in [-0.15, -0.1) is 23.7 Å². The summed E-state index contributed by atoms with van der Waals surface area (Å²) >= 11 is 1.14. The van der Waals surface area contributed by atoms with Crippen molar-refractivity contribution in [3.63, 3.8) is 0 Å². The molecule has 3 unspecified atom stereocenters. The van der Waals surface area contributed by atoms with Gasteiger partial charge in [-0.2, -0.15) is 4.72 Å². The molecule has 2 bridgehead atoms. The second-order valence-electron chi connectivity index (χ2n) is 6.09. The van der Waals surface area contributed by atoms with Crippen LogP contribution < -0.4 is 15.4 Å². The van der Waals surface area contributed by atoms with Crippen molar-refractivity contribution >= 4 is 39.7 Å². The number of thiophene rings is 1. The molecule has 1 aromatic heterocycles.